The van der Waals surface area contributed by atoms with E-state index in [0.717, 1.165) is 25.7 Å². The molecule has 2 amide bonds. The Morgan fingerprint density at radius 2 is 1.96 bits per heavy atom. The van der Waals surface area contributed by atoms with Crippen LogP contribution < -0.4 is 10.6 Å². The fourth-order valence-corrected chi connectivity index (χ4v) is 3.78. The van der Waals surface area contributed by atoms with Gasteiger partial charge in [0, 0.05) is 23.9 Å². The Bertz CT molecular complexity index is 625. The van der Waals surface area contributed by atoms with E-state index >= 15 is 0 Å². The summed E-state index contributed by atoms with van der Waals surface area (Å²) in [5, 5.41) is 6.03. The summed E-state index contributed by atoms with van der Waals surface area (Å²) in [5.41, 5.74) is 1.22. The van der Waals surface area contributed by atoms with E-state index in [1.165, 1.54) is 6.42 Å². The molecule has 1 saturated carbocycles. The van der Waals surface area contributed by atoms with Crippen molar-refractivity contribution in [3.05, 3.63) is 29.8 Å². The number of anilines is 1. The third-order valence-electron chi connectivity index (χ3n) is 5.64. The zero-order chi connectivity index (χ0) is 17.8. The number of rotatable bonds is 4. The van der Waals surface area contributed by atoms with Crippen molar-refractivity contribution in [1.29, 1.82) is 0 Å². The summed E-state index contributed by atoms with van der Waals surface area (Å²) < 4.78 is 5.40. The van der Waals surface area contributed by atoms with Gasteiger partial charge in [-0.25, -0.2) is 0 Å². The summed E-state index contributed by atoms with van der Waals surface area (Å²) in [6.07, 6.45) is 4.73. The first-order valence-electron chi connectivity index (χ1n) is 9.38. The van der Waals surface area contributed by atoms with E-state index in [-0.39, 0.29) is 24.0 Å². The molecule has 4 atom stereocenters. The monoisotopic (exact) mass is 344 g/mol. The molecule has 0 radical (unpaired) electrons. The van der Waals surface area contributed by atoms with Gasteiger partial charge in [0.1, 0.15) is 6.10 Å². The molecule has 4 unspecified atom stereocenters. The Kier molecular flexibility index (Phi) is 5.74. The van der Waals surface area contributed by atoms with Crippen LogP contribution in [-0.2, 0) is 9.53 Å². The molecular weight excluding hydrogens is 316 g/mol. The summed E-state index contributed by atoms with van der Waals surface area (Å²) in [4.78, 5) is 24.8. The second kappa shape index (κ2) is 8.00. The molecule has 1 aliphatic heterocycles. The normalized spacial score (nSPS) is 29.2. The van der Waals surface area contributed by atoms with Crippen LogP contribution in [-0.4, -0.2) is 30.6 Å². The van der Waals surface area contributed by atoms with Gasteiger partial charge in [-0.05, 0) is 49.3 Å². The molecule has 0 spiro atoms. The van der Waals surface area contributed by atoms with Gasteiger partial charge in [0.05, 0.1) is 0 Å². The number of hydrogen-bond donors (Lipinski definition) is 2. The van der Waals surface area contributed by atoms with E-state index in [1.807, 2.05) is 0 Å². The molecular formula is C20H28N2O3. The Morgan fingerprint density at radius 3 is 2.72 bits per heavy atom. The first kappa shape index (κ1) is 17.9. The highest BCUT2D eigenvalue weighted by atomic mass is 16.5. The van der Waals surface area contributed by atoms with Gasteiger partial charge >= 0.3 is 0 Å². The molecule has 0 bridgehead atoms. The average molecular weight is 344 g/mol. The predicted octanol–water partition coefficient (Wildman–Crippen LogP) is 3.36. The molecule has 1 aromatic carbocycles. The third-order valence-corrected chi connectivity index (χ3v) is 5.64. The Balaban J connectivity index is 1.62. The van der Waals surface area contributed by atoms with Gasteiger partial charge < -0.3 is 15.4 Å². The number of amides is 2. The summed E-state index contributed by atoms with van der Waals surface area (Å²) >= 11 is 0. The number of nitrogens with one attached hydrogen (secondary N) is 2. The predicted molar refractivity (Wildman–Crippen MR) is 97.5 cm³/mol. The average Bonchev–Trinajstić information content (AvgIpc) is 3.14. The third kappa shape index (κ3) is 4.40. The van der Waals surface area contributed by atoms with Crippen LogP contribution in [0.4, 0.5) is 5.69 Å². The van der Waals surface area contributed by atoms with Crippen LogP contribution in [0.3, 0.4) is 0 Å². The van der Waals surface area contributed by atoms with Gasteiger partial charge in [-0.2, -0.15) is 0 Å². The van der Waals surface area contributed by atoms with Crippen molar-refractivity contribution >= 4 is 17.5 Å². The standard InChI is InChI=1S/C20H28N2O3/c1-13-6-3-9-17(14(13)2)22-19(23)15-7-4-8-16(12-15)21-20(24)18-10-5-11-25-18/h4,7-8,12-14,17-18H,3,5-6,9-11H2,1-2H3,(H,21,24)(H,22,23). The smallest absolute Gasteiger partial charge is 0.253 e. The van der Waals surface area contributed by atoms with E-state index in [2.05, 4.69) is 24.5 Å². The second-order valence-corrected chi connectivity index (χ2v) is 7.42. The Hall–Kier alpha value is -1.88. The van der Waals surface area contributed by atoms with Gasteiger partial charge in [-0.3, -0.25) is 9.59 Å². The maximum atomic E-state index is 12.6. The molecule has 5 nitrogen and oxygen atoms in total. The van der Waals surface area contributed by atoms with Crippen LogP contribution in [0.5, 0.6) is 0 Å². The molecule has 1 heterocycles. The maximum absolute atomic E-state index is 12.6. The fraction of sp³-hybridized carbons (Fsp3) is 0.600. The van der Waals surface area contributed by atoms with Crippen LogP contribution in [0.1, 0.15) is 56.3 Å². The molecule has 5 heteroatoms. The summed E-state index contributed by atoms with van der Waals surface area (Å²) in [6.45, 7) is 5.11. The van der Waals surface area contributed by atoms with E-state index in [1.54, 1.807) is 24.3 Å². The van der Waals surface area contributed by atoms with Crippen molar-refractivity contribution in [3.63, 3.8) is 0 Å². The summed E-state index contributed by atoms with van der Waals surface area (Å²) in [6, 6.07) is 7.34. The minimum absolute atomic E-state index is 0.0702. The summed E-state index contributed by atoms with van der Waals surface area (Å²) in [5.74, 6) is 0.917. The van der Waals surface area contributed by atoms with Crippen molar-refractivity contribution in [2.24, 2.45) is 11.8 Å². The highest BCUT2D eigenvalue weighted by Crippen LogP contribution is 2.29. The fourth-order valence-electron chi connectivity index (χ4n) is 3.78. The lowest BCUT2D eigenvalue weighted by Gasteiger charge is -2.34. The minimum Gasteiger partial charge on any atom is -0.368 e. The Morgan fingerprint density at radius 1 is 1.12 bits per heavy atom. The van der Waals surface area contributed by atoms with Crippen LogP contribution in [0.25, 0.3) is 0 Å². The number of benzene rings is 1. The van der Waals surface area contributed by atoms with E-state index < -0.39 is 0 Å². The maximum Gasteiger partial charge on any atom is 0.253 e. The molecule has 0 aromatic heterocycles. The zero-order valence-corrected chi connectivity index (χ0v) is 15.1. The topological polar surface area (TPSA) is 67.4 Å². The van der Waals surface area contributed by atoms with Crippen molar-refractivity contribution in [3.8, 4) is 0 Å². The van der Waals surface area contributed by atoms with Crippen LogP contribution in [0.2, 0.25) is 0 Å². The molecule has 2 aliphatic rings. The van der Waals surface area contributed by atoms with E-state index in [4.69, 9.17) is 4.74 Å². The first-order valence-corrected chi connectivity index (χ1v) is 9.38. The highest BCUT2D eigenvalue weighted by Gasteiger charge is 2.28. The molecule has 25 heavy (non-hydrogen) atoms. The molecule has 1 aliphatic carbocycles. The highest BCUT2D eigenvalue weighted by molar-refractivity contribution is 5.98. The van der Waals surface area contributed by atoms with Gasteiger partial charge in [0.25, 0.3) is 11.8 Å². The zero-order valence-electron chi connectivity index (χ0n) is 15.1. The van der Waals surface area contributed by atoms with Crippen LogP contribution in [0.15, 0.2) is 24.3 Å². The van der Waals surface area contributed by atoms with Crippen molar-refractivity contribution in [2.75, 3.05) is 11.9 Å². The number of hydrogen-bond acceptors (Lipinski definition) is 3. The van der Waals surface area contributed by atoms with Crippen molar-refractivity contribution < 1.29 is 14.3 Å². The molecule has 2 N–H and O–H groups in total. The largest absolute Gasteiger partial charge is 0.368 e. The first-order chi connectivity index (χ1) is 12.0. The SMILES string of the molecule is CC1CCCC(NC(=O)c2cccc(NC(=O)C3CCCO3)c2)C1C. The van der Waals surface area contributed by atoms with Crippen molar-refractivity contribution in [2.45, 2.75) is 58.1 Å². The lowest BCUT2D eigenvalue weighted by atomic mass is 9.78. The second-order valence-electron chi connectivity index (χ2n) is 7.42. The molecule has 2 fully saturated rings. The van der Waals surface area contributed by atoms with Gasteiger partial charge in [-0.1, -0.05) is 32.8 Å². The van der Waals surface area contributed by atoms with Crippen molar-refractivity contribution in [1.82, 2.24) is 5.32 Å². The number of carbonyl (C=O) groups excluding carboxylic acids is 2. The lowest BCUT2D eigenvalue weighted by Crippen LogP contribution is -2.43. The van der Waals surface area contributed by atoms with E-state index in [9.17, 15) is 9.59 Å². The molecule has 1 saturated heterocycles. The van der Waals surface area contributed by atoms with Crippen LogP contribution >= 0.6 is 0 Å². The quantitative estimate of drug-likeness (QED) is 0.880. The Labute approximate surface area is 149 Å². The van der Waals surface area contributed by atoms with E-state index in [0.29, 0.717) is 29.7 Å². The van der Waals surface area contributed by atoms with Gasteiger partial charge in [0.15, 0.2) is 0 Å². The molecule has 136 valence electrons. The number of ether oxygens (including phenoxy) is 1. The van der Waals surface area contributed by atoms with Gasteiger partial charge in [-0.15, -0.1) is 0 Å². The lowest BCUT2D eigenvalue weighted by molar-refractivity contribution is -0.124. The van der Waals surface area contributed by atoms with Crippen LogP contribution in [0, 0.1) is 11.8 Å². The number of carbonyl (C=O) groups is 2. The molecule has 1 aromatic rings. The van der Waals surface area contributed by atoms with Gasteiger partial charge in [0.2, 0.25) is 0 Å². The summed E-state index contributed by atoms with van der Waals surface area (Å²) in [7, 11) is 0. The minimum atomic E-state index is -0.373. The molecule has 3 rings (SSSR count).